The van der Waals surface area contributed by atoms with E-state index in [1.165, 1.54) is 6.07 Å². The van der Waals surface area contributed by atoms with Gasteiger partial charge in [0, 0.05) is 31.0 Å². The van der Waals surface area contributed by atoms with E-state index in [1.54, 1.807) is 34.9 Å². The molecule has 2 aliphatic rings. The second-order valence-corrected chi connectivity index (χ2v) is 6.58. The lowest BCUT2D eigenvalue weighted by molar-refractivity contribution is -0.134. The summed E-state index contributed by atoms with van der Waals surface area (Å²) in [5.74, 6) is 0.413. The number of rotatable bonds is 3. The number of piperazine rings is 1. The highest BCUT2D eigenvalue weighted by atomic mass is 32.2. The van der Waals surface area contributed by atoms with Crippen molar-refractivity contribution in [3.8, 4) is 0 Å². The molecule has 118 valence electrons. The van der Waals surface area contributed by atoms with Crippen molar-refractivity contribution in [3.63, 3.8) is 0 Å². The molecule has 2 aliphatic heterocycles. The van der Waals surface area contributed by atoms with Crippen LogP contribution in [0.3, 0.4) is 0 Å². The number of hydrogen-bond acceptors (Lipinski definition) is 4. The molecule has 0 unspecified atom stereocenters. The molecule has 1 aromatic rings. The van der Waals surface area contributed by atoms with Gasteiger partial charge in [-0.05, 0) is 6.07 Å². The predicted octanol–water partition coefficient (Wildman–Crippen LogP) is 0.832. The van der Waals surface area contributed by atoms with E-state index in [0.717, 1.165) is 5.75 Å². The monoisotopic (exact) mass is 323 g/mol. The zero-order valence-electron chi connectivity index (χ0n) is 12.1. The van der Waals surface area contributed by atoms with Crippen molar-refractivity contribution in [2.24, 2.45) is 0 Å². The smallest absolute Gasteiger partial charge is 0.237 e. The molecule has 5 nitrogen and oxygen atoms in total. The first-order chi connectivity index (χ1) is 10.6. The van der Waals surface area contributed by atoms with Gasteiger partial charge in [0.05, 0.1) is 13.1 Å². The third-order valence-electron chi connectivity index (χ3n) is 3.86. The summed E-state index contributed by atoms with van der Waals surface area (Å²) in [4.78, 5) is 27.5. The van der Waals surface area contributed by atoms with Crippen molar-refractivity contribution in [3.05, 3.63) is 35.6 Å². The van der Waals surface area contributed by atoms with E-state index in [1.807, 2.05) is 4.90 Å². The summed E-state index contributed by atoms with van der Waals surface area (Å²) < 4.78 is 14.0. The van der Waals surface area contributed by atoms with Gasteiger partial charge in [-0.25, -0.2) is 4.39 Å². The molecule has 0 aliphatic carbocycles. The van der Waals surface area contributed by atoms with E-state index in [2.05, 4.69) is 5.32 Å². The first-order valence-electron chi connectivity index (χ1n) is 7.30. The Morgan fingerprint density at radius 3 is 2.95 bits per heavy atom. The number of hydrogen-bond donors (Lipinski definition) is 1. The van der Waals surface area contributed by atoms with E-state index in [-0.39, 0.29) is 36.1 Å². The summed E-state index contributed by atoms with van der Waals surface area (Å²) >= 11 is 1.58. The Balaban J connectivity index is 1.69. The molecule has 0 spiro atoms. The molecule has 2 amide bonds. The third kappa shape index (κ3) is 3.25. The summed E-state index contributed by atoms with van der Waals surface area (Å²) in [6.07, 6.45) is 0. The largest absolute Gasteiger partial charge is 0.354 e. The van der Waals surface area contributed by atoms with Gasteiger partial charge in [-0.15, -0.1) is 11.8 Å². The third-order valence-corrected chi connectivity index (χ3v) is 5.10. The molecule has 1 N–H and O–H groups in total. The van der Waals surface area contributed by atoms with E-state index in [0.29, 0.717) is 25.2 Å². The molecule has 7 heteroatoms. The Kier molecular flexibility index (Phi) is 4.63. The molecule has 1 aromatic carbocycles. The maximum absolute atomic E-state index is 14.0. The molecule has 0 aromatic heterocycles. The number of halogens is 1. The van der Waals surface area contributed by atoms with Gasteiger partial charge in [0.1, 0.15) is 11.2 Å². The van der Waals surface area contributed by atoms with Crippen LogP contribution in [0.1, 0.15) is 10.9 Å². The van der Waals surface area contributed by atoms with Crippen molar-refractivity contribution in [1.82, 2.24) is 15.1 Å². The lowest BCUT2D eigenvalue weighted by Crippen LogP contribution is -2.51. The van der Waals surface area contributed by atoms with Crippen LogP contribution in [-0.2, 0) is 9.59 Å². The molecule has 2 saturated heterocycles. The van der Waals surface area contributed by atoms with E-state index >= 15 is 0 Å². The minimum Gasteiger partial charge on any atom is -0.354 e. The van der Waals surface area contributed by atoms with Crippen molar-refractivity contribution in [1.29, 1.82) is 0 Å². The fourth-order valence-electron chi connectivity index (χ4n) is 2.77. The van der Waals surface area contributed by atoms with Gasteiger partial charge in [0.25, 0.3) is 0 Å². The fourth-order valence-corrected chi connectivity index (χ4v) is 4.07. The van der Waals surface area contributed by atoms with Crippen molar-refractivity contribution in [2.75, 3.05) is 38.5 Å². The second kappa shape index (κ2) is 6.66. The zero-order chi connectivity index (χ0) is 15.5. The van der Waals surface area contributed by atoms with Crippen LogP contribution in [0.2, 0.25) is 0 Å². The van der Waals surface area contributed by atoms with Gasteiger partial charge >= 0.3 is 0 Å². The highest BCUT2D eigenvalue weighted by Gasteiger charge is 2.33. The summed E-state index contributed by atoms with van der Waals surface area (Å²) in [5.41, 5.74) is 0.551. The van der Waals surface area contributed by atoms with E-state index in [4.69, 9.17) is 0 Å². The minimum absolute atomic E-state index is 0.0482. The SMILES string of the molecule is O=C1CN(CC(=O)N2CCS[C@H]2c2ccccc2F)CCN1. The first-order valence-corrected chi connectivity index (χ1v) is 8.34. The quantitative estimate of drug-likeness (QED) is 0.895. The average Bonchev–Trinajstić information content (AvgIpc) is 2.97. The molecule has 1 atom stereocenters. The number of benzene rings is 1. The van der Waals surface area contributed by atoms with Gasteiger partial charge < -0.3 is 10.2 Å². The van der Waals surface area contributed by atoms with Crippen LogP contribution in [0.5, 0.6) is 0 Å². The molecular formula is C15H18FN3O2S. The van der Waals surface area contributed by atoms with Crippen LogP contribution in [0.15, 0.2) is 24.3 Å². The van der Waals surface area contributed by atoms with Gasteiger partial charge in [-0.1, -0.05) is 18.2 Å². The Bertz CT molecular complexity index is 584. The van der Waals surface area contributed by atoms with Gasteiger partial charge in [-0.2, -0.15) is 0 Å². The van der Waals surface area contributed by atoms with Crippen LogP contribution >= 0.6 is 11.8 Å². The Morgan fingerprint density at radius 2 is 2.18 bits per heavy atom. The fraction of sp³-hybridized carbons (Fsp3) is 0.467. The number of carbonyl (C=O) groups is 2. The highest BCUT2D eigenvalue weighted by Crippen LogP contribution is 2.38. The molecular weight excluding hydrogens is 305 g/mol. The summed E-state index contributed by atoms with van der Waals surface area (Å²) in [5, 5.41) is 2.47. The Hall–Kier alpha value is -1.60. The van der Waals surface area contributed by atoms with E-state index < -0.39 is 0 Å². The Morgan fingerprint density at radius 1 is 1.36 bits per heavy atom. The minimum atomic E-state index is -0.281. The van der Waals surface area contributed by atoms with Gasteiger partial charge in [0.15, 0.2) is 0 Å². The highest BCUT2D eigenvalue weighted by molar-refractivity contribution is 7.99. The second-order valence-electron chi connectivity index (χ2n) is 5.39. The summed E-state index contributed by atoms with van der Waals surface area (Å²) in [7, 11) is 0. The number of carbonyl (C=O) groups excluding carboxylic acids is 2. The zero-order valence-corrected chi connectivity index (χ0v) is 12.9. The number of thioether (sulfide) groups is 1. The Labute approximate surface area is 132 Å². The topological polar surface area (TPSA) is 52.7 Å². The lowest BCUT2D eigenvalue weighted by atomic mass is 10.2. The van der Waals surface area contributed by atoms with Crippen LogP contribution in [0.4, 0.5) is 4.39 Å². The van der Waals surface area contributed by atoms with Gasteiger partial charge in [0.2, 0.25) is 11.8 Å². The molecule has 2 fully saturated rings. The number of nitrogens with zero attached hydrogens (tertiary/aromatic N) is 2. The number of nitrogens with one attached hydrogen (secondary N) is 1. The van der Waals surface area contributed by atoms with Crippen LogP contribution in [0, 0.1) is 5.82 Å². The van der Waals surface area contributed by atoms with E-state index in [9.17, 15) is 14.0 Å². The average molecular weight is 323 g/mol. The van der Waals surface area contributed by atoms with Crippen molar-refractivity contribution >= 4 is 23.6 Å². The normalized spacial score (nSPS) is 22.7. The molecule has 0 saturated carbocycles. The molecule has 0 bridgehead atoms. The standard InChI is InChI=1S/C15H18FN3O2S/c16-12-4-2-1-3-11(12)15-19(7-8-22-15)14(21)10-18-6-5-17-13(20)9-18/h1-4,15H,5-10H2,(H,17,20)/t15-/m0/s1. The number of amides is 2. The van der Waals surface area contributed by atoms with Crippen LogP contribution < -0.4 is 5.32 Å². The predicted molar refractivity (Wildman–Crippen MR) is 82.8 cm³/mol. The molecule has 2 heterocycles. The maximum Gasteiger partial charge on any atom is 0.237 e. The molecule has 0 radical (unpaired) electrons. The van der Waals surface area contributed by atoms with Crippen LogP contribution in [-0.4, -0.2) is 60.1 Å². The molecule has 3 rings (SSSR count). The first kappa shape index (κ1) is 15.3. The van der Waals surface area contributed by atoms with Gasteiger partial charge in [-0.3, -0.25) is 14.5 Å². The summed E-state index contributed by atoms with van der Waals surface area (Å²) in [6.45, 7) is 2.30. The maximum atomic E-state index is 14.0. The summed E-state index contributed by atoms with van der Waals surface area (Å²) in [6, 6.07) is 6.59. The molecule has 22 heavy (non-hydrogen) atoms. The van der Waals surface area contributed by atoms with Crippen LogP contribution in [0.25, 0.3) is 0 Å². The van der Waals surface area contributed by atoms with Crippen molar-refractivity contribution < 1.29 is 14.0 Å². The van der Waals surface area contributed by atoms with Crippen molar-refractivity contribution in [2.45, 2.75) is 5.37 Å². The lowest BCUT2D eigenvalue weighted by Gasteiger charge is -2.30.